The van der Waals surface area contributed by atoms with Crippen molar-refractivity contribution in [3.63, 3.8) is 0 Å². The molecule has 0 fully saturated rings. The van der Waals surface area contributed by atoms with E-state index in [1.165, 1.54) is 5.56 Å². The molecule has 19 heavy (non-hydrogen) atoms. The van der Waals surface area contributed by atoms with Crippen molar-refractivity contribution in [2.24, 2.45) is 0 Å². The van der Waals surface area contributed by atoms with Crippen molar-refractivity contribution in [1.29, 1.82) is 0 Å². The predicted octanol–water partition coefficient (Wildman–Crippen LogP) is 2.39. The first-order chi connectivity index (χ1) is 9.06. The third-order valence-corrected chi connectivity index (χ3v) is 5.03. The van der Waals surface area contributed by atoms with Crippen molar-refractivity contribution in [2.45, 2.75) is 31.1 Å². The van der Waals surface area contributed by atoms with Crippen LogP contribution in [0.25, 0.3) is 0 Å². The molecule has 0 aromatic heterocycles. The molecule has 5 heteroatoms. The Hall–Kier alpha value is -0.580. The van der Waals surface area contributed by atoms with E-state index in [2.05, 4.69) is 5.32 Å². The van der Waals surface area contributed by atoms with Crippen LogP contribution in [0.3, 0.4) is 0 Å². The maximum atomic E-state index is 11.2. The Morgan fingerprint density at radius 1 is 1.58 bits per heavy atom. The Balaban J connectivity index is 1.71. The molecule has 1 aliphatic heterocycles. The average molecular weight is 302 g/mol. The van der Waals surface area contributed by atoms with E-state index < -0.39 is 10.8 Å². The van der Waals surface area contributed by atoms with Crippen LogP contribution in [0.15, 0.2) is 18.2 Å². The van der Waals surface area contributed by atoms with Crippen molar-refractivity contribution >= 4 is 22.4 Å². The first kappa shape index (κ1) is 14.8. The SMILES string of the molecule is CC(CCNCC1Cc2cc(Cl)ccc2O1)S(C)=O. The topological polar surface area (TPSA) is 38.3 Å². The summed E-state index contributed by atoms with van der Waals surface area (Å²) in [7, 11) is -0.737. The van der Waals surface area contributed by atoms with Crippen LogP contribution in [-0.2, 0) is 17.2 Å². The fourth-order valence-electron chi connectivity index (χ4n) is 2.14. The second-order valence-electron chi connectivity index (χ2n) is 5.00. The van der Waals surface area contributed by atoms with Crippen LogP contribution in [0.2, 0.25) is 5.02 Å². The Morgan fingerprint density at radius 3 is 3.11 bits per heavy atom. The molecule has 1 aromatic rings. The molecule has 0 aliphatic carbocycles. The lowest BCUT2D eigenvalue weighted by molar-refractivity contribution is 0.227. The highest BCUT2D eigenvalue weighted by Gasteiger charge is 2.22. The van der Waals surface area contributed by atoms with E-state index in [0.717, 1.165) is 36.7 Å². The molecule has 1 heterocycles. The molecular formula is C14H20ClNO2S. The number of hydrogen-bond donors (Lipinski definition) is 1. The zero-order valence-electron chi connectivity index (χ0n) is 11.3. The summed E-state index contributed by atoms with van der Waals surface area (Å²) in [5.74, 6) is 0.944. The third kappa shape index (κ3) is 4.20. The highest BCUT2D eigenvalue weighted by molar-refractivity contribution is 7.84. The zero-order chi connectivity index (χ0) is 13.8. The summed E-state index contributed by atoms with van der Waals surface area (Å²) < 4.78 is 17.1. The van der Waals surface area contributed by atoms with Crippen LogP contribution in [0.5, 0.6) is 5.75 Å². The van der Waals surface area contributed by atoms with Crippen LogP contribution in [-0.4, -0.2) is 34.9 Å². The van der Waals surface area contributed by atoms with Gasteiger partial charge in [-0.15, -0.1) is 0 Å². The Bertz CT molecular complexity index is 467. The number of fused-ring (bicyclic) bond motifs is 1. The van der Waals surface area contributed by atoms with Gasteiger partial charge in [-0.05, 0) is 36.7 Å². The minimum absolute atomic E-state index is 0.177. The van der Waals surface area contributed by atoms with Crippen molar-refractivity contribution < 1.29 is 8.95 Å². The summed E-state index contributed by atoms with van der Waals surface area (Å²) in [5, 5.41) is 4.37. The number of nitrogens with one attached hydrogen (secondary N) is 1. The van der Waals surface area contributed by atoms with Crippen molar-refractivity contribution in [2.75, 3.05) is 19.3 Å². The number of benzene rings is 1. The zero-order valence-corrected chi connectivity index (χ0v) is 12.9. The monoisotopic (exact) mass is 301 g/mol. The Kier molecular flexibility index (Phi) is 5.25. The minimum atomic E-state index is -0.737. The summed E-state index contributed by atoms with van der Waals surface area (Å²) in [6.45, 7) is 3.70. The lowest BCUT2D eigenvalue weighted by Gasteiger charge is -2.13. The van der Waals surface area contributed by atoms with Gasteiger partial charge in [-0.3, -0.25) is 4.21 Å². The molecule has 1 N–H and O–H groups in total. The van der Waals surface area contributed by atoms with Gasteiger partial charge >= 0.3 is 0 Å². The maximum absolute atomic E-state index is 11.2. The molecule has 0 amide bonds. The predicted molar refractivity (Wildman–Crippen MR) is 80.6 cm³/mol. The van der Waals surface area contributed by atoms with Crippen LogP contribution in [0, 0.1) is 0 Å². The maximum Gasteiger partial charge on any atom is 0.123 e. The molecule has 0 saturated heterocycles. The highest BCUT2D eigenvalue weighted by Crippen LogP contribution is 2.30. The second kappa shape index (κ2) is 6.73. The van der Waals surface area contributed by atoms with Gasteiger partial charge in [-0.25, -0.2) is 0 Å². The Labute approximate surface area is 122 Å². The molecule has 1 aliphatic rings. The largest absolute Gasteiger partial charge is 0.488 e. The minimum Gasteiger partial charge on any atom is -0.488 e. The molecule has 106 valence electrons. The smallest absolute Gasteiger partial charge is 0.123 e. The van der Waals surface area contributed by atoms with E-state index in [4.69, 9.17) is 16.3 Å². The molecule has 3 unspecified atom stereocenters. The summed E-state index contributed by atoms with van der Waals surface area (Å²) in [4.78, 5) is 0. The fraction of sp³-hybridized carbons (Fsp3) is 0.571. The van der Waals surface area contributed by atoms with Crippen molar-refractivity contribution in [3.8, 4) is 5.75 Å². The quantitative estimate of drug-likeness (QED) is 0.820. The van der Waals surface area contributed by atoms with Gasteiger partial charge in [0.1, 0.15) is 11.9 Å². The first-order valence-corrected chi connectivity index (χ1v) is 8.54. The van der Waals surface area contributed by atoms with Crippen LogP contribution >= 0.6 is 11.6 Å². The van der Waals surface area contributed by atoms with Gasteiger partial charge in [-0.2, -0.15) is 0 Å². The first-order valence-electron chi connectivity index (χ1n) is 6.54. The van der Waals surface area contributed by atoms with Gasteiger partial charge in [0.2, 0.25) is 0 Å². The molecule has 3 nitrogen and oxygen atoms in total. The molecule has 0 radical (unpaired) electrons. The highest BCUT2D eigenvalue weighted by atomic mass is 35.5. The van der Waals surface area contributed by atoms with E-state index in [-0.39, 0.29) is 11.4 Å². The van der Waals surface area contributed by atoms with Gasteiger partial charge in [0.15, 0.2) is 0 Å². The summed E-state index contributed by atoms with van der Waals surface area (Å²) in [5.41, 5.74) is 1.18. The van der Waals surface area contributed by atoms with E-state index in [0.29, 0.717) is 0 Å². The lowest BCUT2D eigenvalue weighted by Crippen LogP contribution is -2.32. The van der Waals surface area contributed by atoms with E-state index >= 15 is 0 Å². The molecule has 1 aromatic carbocycles. The van der Waals surface area contributed by atoms with Crippen molar-refractivity contribution in [1.82, 2.24) is 5.32 Å². The molecular weight excluding hydrogens is 282 g/mol. The molecule has 0 bridgehead atoms. The molecule has 3 atom stereocenters. The fourth-order valence-corrected chi connectivity index (χ4v) is 2.78. The van der Waals surface area contributed by atoms with Crippen LogP contribution < -0.4 is 10.1 Å². The van der Waals surface area contributed by atoms with Crippen molar-refractivity contribution in [3.05, 3.63) is 28.8 Å². The number of rotatable bonds is 6. The Morgan fingerprint density at radius 2 is 2.37 bits per heavy atom. The summed E-state index contributed by atoms with van der Waals surface area (Å²) in [6, 6.07) is 5.76. The van der Waals surface area contributed by atoms with Gasteiger partial charge in [0.05, 0.1) is 0 Å². The summed E-state index contributed by atoms with van der Waals surface area (Å²) >= 11 is 5.96. The van der Waals surface area contributed by atoms with Gasteiger partial charge in [0.25, 0.3) is 0 Å². The van der Waals surface area contributed by atoms with Crippen LogP contribution in [0.4, 0.5) is 0 Å². The molecule has 2 rings (SSSR count). The van der Waals surface area contributed by atoms with E-state index in [1.54, 1.807) is 6.26 Å². The number of ether oxygens (including phenoxy) is 1. The third-order valence-electron chi connectivity index (χ3n) is 3.43. The number of hydrogen-bond acceptors (Lipinski definition) is 3. The van der Waals surface area contributed by atoms with Gasteiger partial charge in [-0.1, -0.05) is 18.5 Å². The standard InChI is InChI=1S/C14H20ClNO2S/c1-10(19(2)17)5-6-16-9-13-8-11-7-12(15)3-4-14(11)18-13/h3-4,7,10,13,16H,5-6,8-9H2,1-2H3. The average Bonchev–Trinajstić information content (AvgIpc) is 2.75. The van der Waals surface area contributed by atoms with E-state index in [1.807, 2.05) is 25.1 Å². The van der Waals surface area contributed by atoms with Gasteiger partial charge in [0, 0.05) is 40.3 Å². The summed E-state index contributed by atoms with van der Waals surface area (Å²) in [6.07, 6.45) is 3.76. The number of halogens is 1. The van der Waals surface area contributed by atoms with Crippen LogP contribution in [0.1, 0.15) is 18.9 Å². The lowest BCUT2D eigenvalue weighted by atomic mass is 10.1. The van der Waals surface area contributed by atoms with E-state index in [9.17, 15) is 4.21 Å². The second-order valence-corrected chi connectivity index (χ2v) is 7.24. The van der Waals surface area contributed by atoms with Gasteiger partial charge < -0.3 is 10.1 Å². The normalized spacial score (nSPS) is 20.7. The molecule has 0 spiro atoms. The molecule has 0 saturated carbocycles.